The Morgan fingerprint density at radius 3 is 2.53 bits per heavy atom. The number of rotatable bonds is 5. The molecule has 1 rings (SSSR count). The van der Waals surface area contributed by atoms with E-state index in [0.717, 1.165) is 17.7 Å². The van der Waals surface area contributed by atoms with Crippen LogP contribution >= 0.6 is 11.8 Å². The van der Waals surface area contributed by atoms with E-state index >= 15 is 0 Å². The van der Waals surface area contributed by atoms with Gasteiger partial charge in [-0.1, -0.05) is 39.0 Å². The van der Waals surface area contributed by atoms with E-state index in [0.29, 0.717) is 5.92 Å². The van der Waals surface area contributed by atoms with Gasteiger partial charge in [-0.3, -0.25) is 0 Å². The Labute approximate surface area is 96.9 Å². The molecule has 0 unspecified atom stereocenters. The summed E-state index contributed by atoms with van der Waals surface area (Å²) in [5.41, 5.74) is 1.07. The molecule has 2 heteroatoms. The van der Waals surface area contributed by atoms with Gasteiger partial charge in [-0.2, -0.15) is 0 Å². The summed E-state index contributed by atoms with van der Waals surface area (Å²) in [7, 11) is 0. The van der Waals surface area contributed by atoms with Crippen molar-refractivity contribution in [3.63, 3.8) is 0 Å². The van der Waals surface area contributed by atoms with E-state index in [4.69, 9.17) is 0 Å². The number of hydrogen-bond acceptors (Lipinski definition) is 2. The molecule has 1 aromatic carbocycles. The van der Waals surface area contributed by atoms with Crippen LogP contribution in [0.2, 0.25) is 0 Å². The zero-order valence-electron chi connectivity index (χ0n) is 9.73. The van der Waals surface area contributed by atoms with E-state index in [-0.39, 0.29) is 6.10 Å². The minimum Gasteiger partial charge on any atom is -0.388 e. The lowest BCUT2D eigenvalue weighted by Crippen LogP contribution is -1.98. The van der Waals surface area contributed by atoms with E-state index in [9.17, 15) is 5.11 Å². The third kappa shape index (κ3) is 3.88. The van der Waals surface area contributed by atoms with E-state index in [2.05, 4.69) is 19.9 Å². The van der Waals surface area contributed by atoms with Gasteiger partial charge in [-0.25, -0.2) is 0 Å². The van der Waals surface area contributed by atoms with Crippen molar-refractivity contribution in [1.82, 2.24) is 0 Å². The number of thioether (sulfide) groups is 1. The van der Waals surface area contributed by atoms with Gasteiger partial charge in [0.25, 0.3) is 0 Å². The molecule has 1 nitrogen and oxygen atoms in total. The smallest absolute Gasteiger partial charge is 0.0798 e. The molecule has 0 aliphatic carbocycles. The van der Waals surface area contributed by atoms with Crippen molar-refractivity contribution in [3.05, 3.63) is 29.8 Å². The standard InChI is InChI=1S/C13H20OS/c1-4-12(14)11-7-5-6-8-13(11)15-9-10(2)3/h5-8,10,12,14H,4,9H2,1-3H3/t12-/m0/s1. The molecular weight excluding hydrogens is 204 g/mol. The van der Waals surface area contributed by atoms with E-state index in [1.807, 2.05) is 36.9 Å². The van der Waals surface area contributed by atoms with Crippen LogP contribution in [0.15, 0.2) is 29.2 Å². The fraction of sp³-hybridized carbons (Fsp3) is 0.538. The first-order valence-electron chi connectivity index (χ1n) is 5.55. The highest BCUT2D eigenvalue weighted by molar-refractivity contribution is 7.99. The molecule has 1 aromatic rings. The van der Waals surface area contributed by atoms with E-state index in [1.54, 1.807) is 0 Å². The highest BCUT2D eigenvalue weighted by Gasteiger charge is 2.10. The van der Waals surface area contributed by atoms with Gasteiger partial charge in [0.15, 0.2) is 0 Å². The Kier molecular flexibility index (Phi) is 5.20. The molecule has 0 heterocycles. The molecule has 15 heavy (non-hydrogen) atoms. The van der Waals surface area contributed by atoms with Crippen LogP contribution in [0.4, 0.5) is 0 Å². The topological polar surface area (TPSA) is 20.2 Å². The van der Waals surface area contributed by atoms with Crippen molar-refractivity contribution >= 4 is 11.8 Å². The first kappa shape index (κ1) is 12.6. The second kappa shape index (κ2) is 6.19. The number of benzene rings is 1. The number of aliphatic hydroxyl groups is 1. The van der Waals surface area contributed by atoms with Crippen LogP contribution in [0, 0.1) is 5.92 Å². The molecule has 0 amide bonds. The quantitative estimate of drug-likeness (QED) is 0.766. The molecule has 0 saturated heterocycles. The minimum absolute atomic E-state index is 0.319. The molecule has 0 fully saturated rings. The van der Waals surface area contributed by atoms with Gasteiger partial charge in [-0.05, 0) is 24.0 Å². The van der Waals surface area contributed by atoms with E-state index in [1.165, 1.54) is 4.90 Å². The zero-order valence-corrected chi connectivity index (χ0v) is 10.6. The highest BCUT2D eigenvalue weighted by Crippen LogP contribution is 2.29. The molecule has 0 bridgehead atoms. The van der Waals surface area contributed by atoms with Gasteiger partial charge in [-0.15, -0.1) is 11.8 Å². The van der Waals surface area contributed by atoms with Crippen LogP contribution in [-0.4, -0.2) is 10.9 Å². The Balaban J connectivity index is 2.77. The average molecular weight is 224 g/mol. The Morgan fingerprint density at radius 2 is 1.93 bits per heavy atom. The van der Waals surface area contributed by atoms with Gasteiger partial charge < -0.3 is 5.11 Å². The maximum atomic E-state index is 9.86. The molecular formula is C13H20OS. The Bertz CT molecular complexity index is 296. The van der Waals surface area contributed by atoms with Gasteiger partial charge in [0, 0.05) is 10.6 Å². The molecule has 0 aromatic heterocycles. The van der Waals surface area contributed by atoms with Crippen molar-refractivity contribution in [2.75, 3.05) is 5.75 Å². The van der Waals surface area contributed by atoms with Gasteiger partial charge in [0.1, 0.15) is 0 Å². The van der Waals surface area contributed by atoms with Crippen LogP contribution in [0.25, 0.3) is 0 Å². The van der Waals surface area contributed by atoms with Crippen molar-refractivity contribution < 1.29 is 5.11 Å². The lowest BCUT2D eigenvalue weighted by atomic mass is 10.1. The van der Waals surface area contributed by atoms with Gasteiger partial charge in [0.05, 0.1) is 6.10 Å². The van der Waals surface area contributed by atoms with Crippen molar-refractivity contribution in [1.29, 1.82) is 0 Å². The molecule has 1 N–H and O–H groups in total. The predicted molar refractivity (Wildman–Crippen MR) is 67.3 cm³/mol. The maximum absolute atomic E-state index is 9.86. The zero-order chi connectivity index (χ0) is 11.3. The first-order valence-corrected chi connectivity index (χ1v) is 6.53. The third-order valence-electron chi connectivity index (χ3n) is 2.24. The second-order valence-electron chi connectivity index (χ2n) is 4.17. The molecule has 0 saturated carbocycles. The Hall–Kier alpha value is -0.470. The predicted octanol–water partition coefficient (Wildman–Crippen LogP) is 3.88. The lowest BCUT2D eigenvalue weighted by Gasteiger charge is -2.14. The fourth-order valence-electron chi connectivity index (χ4n) is 1.36. The summed E-state index contributed by atoms with van der Waals surface area (Å²) in [5.74, 6) is 1.79. The maximum Gasteiger partial charge on any atom is 0.0798 e. The third-order valence-corrected chi connectivity index (χ3v) is 3.75. The van der Waals surface area contributed by atoms with Crippen molar-refractivity contribution in [2.45, 2.75) is 38.2 Å². The summed E-state index contributed by atoms with van der Waals surface area (Å²) in [5, 5.41) is 9.86. The molecule has 0 spiro atoms. The largest absolute Gasteiger partial charge is 0.388 e. The summed E-state index contributed by atoms with van der Waals surface area (Å²) in [6.45, 7) is 6.44. The normalized spacial score (nSPS) is 13.1. The molecule has 0 radical (unpaired) electrons. The van der Waals surface area contributed by atoms with Crippen LogP contribution in [0.5, 0.6) is 0 Å². The molecule has 1 atom stereocenters. The molecule has 0 aliphatic rings. The van der Waals surface area contributed by atoms with Crippen LogP contribution in [0.1, 0.15) is 38.9 Å². The van der Waals surface area contributed by atoms with Crippen molar-refractivity contribution in [3.8, 4) is 0 Å². The number of hydrogen-bond donors (Lipinski definition) is 1. The summed E-state index contributed by atoms with van der Waals surface area (Å²) in [6.07, 6.45) is 0.458. The summed E-state index contributed by atoms with van der Waals surface area (Å²) >= 11 is 1.84. The Morgan fingerprint density at radius 1 is 1.27 bits per heavy atom. The lowest BCUT2D eigenvalue weighted by molar-refractivity contribution is 0.171. The van der Waals surface area contributed by atoms with Crippen LogP contribution in [-0.2, 0) is 0 Å². The monoisotopic (exact) mass is 224 g/mol. The number of aliphatic hydroxyl groups excluding tert-OH is 1. The second-order valence-corrected chi connectivity index (χ2v) is 5.23. The molecule has 0 aliphatic heterocycles. The van der Waals surface area contributed by atoms with Gasteiger partial charge >= 0.3 is 0 Å². The summed E-state index contributed by atoms with van der Waals surface area (Å²) in [6, 6.07) is 8.15. The minimum atomic E-state index is -0.319. The van der Waals surface area contributed by atoms with Gasteiger partial charge in [0.2, 0.25) is 0 Å². The fourth-order valence-corrected chi connectivity index (χ4v) is 2.42. The van der Waals surface area contributed by atoms with E-state index < -0.39 is 0 Å². The van der Waals surface area contributed by atoms with Crippen LogP contribution < -0.4 is 0 Å². The van der Waals surface area contributed by atoms with Crippen LogP contribution in [0.3, 0.4) is 0 Å². The SMILES string of the molecule is CC[C@H](O)c1ccccc1SCC(C)C. The summed E-state index contributed by atoms with van der Waals surface area (Å²) in [4.78, 5) is 1.22. The molecule has 84 valence electrons. The average Bonchev–Trinajstić information content (AvgIpc) is 2.25. The first-order chi connectivity index (χ1) is 7.15. The summed E-state index contributed by atoms with van der Waals surface area (Å²) < 4.78 is 0. The highest BCUT2D eigenvalue weighted by atomic mass is 32.2. The van der Waals surface area contributed by atoms with Crippen molar-refractivity contribution in [2.24, 2.45) is 5.92 Å².